The van der Waals surface area contributed by atoms with E-state index in [9.17, 15) is 0 Å². The Bertz CT molecular complexity index is 555. The minimum absolute atomic E-state index is 0.228. The van der Waals surface area contributed by atoms with Crippen molar-refractivity contribution in [2.75, 3.05) is 5.32 Å². The van der Waals surface area contributed by atoms with Crippen LogP contribution in [-0.4, -0.2) is 6.10 Å². The van der Waals surface area contributed by atoms with Gasteiger partial charge >= 0.3 is 0 Å². The standard InChI is InChI=1S/C16H20ClNOS/c1-4-11(2)19-14-7-5-6-13(10-14)18-12(3)15-8-9-16(17)20-15/h5-12,18H,4H2,1-3H3. The van der Waals surface area contributed by atoms with Crippen LogP contribution in [0.4, 0.5) is 5.69 Å². The minimum Gasteiger partial charge on any atom is -0.491 e. The molecule has 4 heteroatoms. The Morgan fingerprint density at radius 1 is 1.25 bits per heavy atom. The number of hydrogen-bond donors (Lipinski definition) is 1. The molecule has 1 heterocycles. The van der Waals surface area contributed by atoms with E-state index in [2.05, 4.69) is 38.2 Å². The number of anilines is 1. The Morgan fingerprint density at radius 2 is 2.05 bits per heavy atom. The highest BCUT2D eigenvalue weighted by molar-refractivity contribution is 7.16. The van der Waals surface area contributed by atoms with E-state index < -0.39 is 0 Å². The zero-order chi connectivity index (χ0) is 14.5. The molecular formula is C16H20ClNOS. The third-order valence-corrected chi connectivity index (χ3v) is 4.56. The van der Waals surface area contributed by atoms with Crippen LogP contribution in [0.25, 0.3) is 0 Å². The summed E-state index contributed by atoms with van der Waals surface area (Å²) in [5.41, 5.74) is 1.06. The number of benzene rings is 1. The van der Waals surface area contributed by atoms with Gasteiger partial charge in [-0.3, -0.25) is 0 Å². The fourth-order valence-electron chi connectivity index (χ4n) is 1.86. The monoisotopic (exact) mass is 309 g/mol. The molecule has 2 aromatic rings. The van der Waals surface area contributed by atoms with Crippen molar-refractivity contribution in [2.45, 2.75) is 39.3 Å². The van der Waals surface area contributed by atoms with E-state index in [0.717, 1.165) is 22.2 Å². The lowest BCUT2D eigenvalue weighted by molar-refractivity contribution is 0.217. The Kier molecular flexibility index (Phi) is 5.32. The summed E-state index contributed by atoms with van der Waals surface area (Å²) in [5, 5.41) is 3.47. The van der Waals surface area contributed by atoms with Gasteiger partial charge in [0.1, 0.15) is 5.75 Å². The van der Waals surface area contributed by atoms with Crippen LogP contribution >= 0.6 is 22.9 Å². The number of rotatable bonds is 6. The van der Waals surface area contributed by atoms with Crippen LogP contribution in [0.2, 0.25) is 4.34 Å². The summed E-state index contributed by atoms with van der Waals surface area (Å²) in [6.45, 7) is 6.33. The molecule has 0 aliphatic heterocycles. The first kappa shape index (κ1) is 15.2. The van der Waals surface area contributed by atoms with Crippen LogP contribution in [0.3, 0.4) is 0 Å². The predicted molar refractivity (Wildman–Crippen MR) is 88.2 cm³/mol. The number of thiophene rings is 1. The lowest BCUT2D eigenvalue weighted by Crippen LogP contribution is -2.10. The van der Waals surface area contributed by atoms with Gasteiger partial charge < -0.3 is 10.1 Å². The number of halogens is 1. The van der Waals surface area contributed by atoms with Crippen LogP contribution in [0.1, 0.15) is 38.1 Å². The zero-order valence-corrected chi connectivity index (χ0v) is 13.6. The second-order valence-electron chi connectivity index (χ2n) is 4.87. The van der Waals surface area contributed by atoms with Crippen molar-refractivity contribution in [2.24, 2.45) is 0 Å². The minimum atomic E-state index is 0.228. The SMILES string of the molecule is CCC(C)Oc1cccc(NC(C)c2ccc(Cl)s2)c1. The van der Waals surface area contributed by atoms with E-state index in [4.69, 9.17) is 16.3 Å². The van der Waals surface area contributed by atoms with Gasteiger partial charge in [0.05, 0.1) is 16.5 Å². The molecule has 0 amide bonds. The van der Waals surface area contributed by atoms with Gasteiger partial charge in [-0.15, -0.1) is 11.3 Å². The normalized spacial score (nSPS) is 13.8. The lowest BCUT2D eigenvalue weighted by atomic mass is 10.2. The van der Waals surface area contributed by atoms with Gasteiger partial charge in [-0.1, -0.05) is 24.6 Å². The van der Waals surface area contributed by atoms with E-state index >= 15 is 0 Å². The molecule has 0 bridgehead atoms. The van der Waals surface area contributed by atoms with Gasteiger partial charge in [-0.2, -0.15) is 0 Å². The molecule has 1 N–H and O–H groups in total. The van der Waals surface area contributed by atoms with Gasteiger partial charge in [0, 0.05) is 16.6 Å². The molecule has 2 rings (SSSR count). The highest BCUT2D eigenvalue weighted by atomic mass is 35.5. The molecular weight excluding hydrogens is 290 g/mol. The first-order valence-corrected chi connectivity index (χ1v) is 8.06. The molecule has 2 nitrogen and oxygen atoms in total. The smallest absolute Gasteiger partial charge is 0.121 e. The Labute approximate surface area is 129 Å². The zero-order valence-electron chi connectivity index (χ0n) is 12.0. The molecule has 1 aromatic heterocycles. The van der Waals surface area contributed by atoms with Crippen molar-refractivity contribution >= 4 is 28.6 Å². The summed E-state index contributed by atoms with van der Waals surface area (Å²) in [7, 11) is 0. The highest BCUT2D eigenvalue weighted by Gasteiger charge is 2.09. The molecule has 0 saturated carbocycles. The molecule has 2 atom stereocenters. The molecule has 0 fully saturated rings. The Hall–Kier alpha value is -1.19. The predicted octanol–water partition coefficient (Wildman–Crippen LogP) is 5.75. The van der Waals surface area contributed by atoms with E-state index in [-0.39, 0.29) is 12.1 Å². The van der Waals surface area contributed by atoms with Crippen LogP contribution in [-0.2, 0) is 0 Å². The first-order chi connectivity index (χ1) is 9.58. The average Bonchev–Trinajstić information content (AvgIpc) is 2.86. The van der Waals surface area contributed by atoms with Gasteiger partial charge in [0.15, 0.2) is 0 Å². The van der Waals surface area contributed by atoms with Crippen molar-refractivity contribution in [1.82, 2.24) is 0 Å². The summed E-state index contributed by atoms with van der Waals surface area (Å²) in [6, 6.07) is 12.3. The highest BCUT2D eigenvalue weighted by Crippen LogP contribution is 2.29. The molecule has 20 heavy (non-hydrogen) atoms. The summed E-state index contributed by atoms with van der Waals surface area (Å²) in [6.07, 6.45) is 1.24. The summed E-state index contributed by atoms with van der Waals surface area (Å²) >= 11 is 7.58. The largest absolute Gasteiger partial charge is 0.491 e. The maximum atomic E-state index is 5.98. The van der Waals surface area contributed by atoms with Gasteiger partial charge in [0.25, 0.3) is 0 Å². The van der Waals surface area contributed by atoms with Gasteiger partial charge in [-0.05, 0) is 44.5 Å². The van der Waals surface area contributed by atoms with Crippen molar-refractivity contribution in [3.05, 3.63) is 45.6 Å². The number of ether oxygens (including phenoxy) is 1. The number of hydrogen-bond acceptors (Lipinski definition) is 3. The topological polar surface area (TPSA) is 21.3 Å². The quantitative estimate of drug-likeness (QED) is 0.733. The van der Waals surface area contributed by atoms with Crippen molar-refractivity contribution in [1.29, 1.82) is 0 Å². The van der Waals surface area contributed by atoms with E-state index in [1.807, 2.05) is 24.3 Å². The third-order valence-electron chi connectivity index (χ3n) is 3.15. The summed E-state index contributed by atoms with van der Waals surface area (Å²) < 4.78 is 6.66. The Balaban J connectivity index is 2.04. The first-order valence-electron chi connectivity index (χ1n) is 6.87. The summed E-state index contributed by atoms with van der Waals surface area (Å²) in [5.74, 6) is 0.903. The van der Waals surface area contributed by atoms with Crippen molar-refractivity contribution in [3.8, 4) is 5.75 Å². The lowest BCUT2D eigenvalue weighted by Gasteiger charge is -2.16. The van der Waals surface area contributed by atoms with Crippen molar-refractivity contribution in [3.63, 3.8) is 0 Å². The molecule has 1 aromatic carbocycles. The second kappa shape index (κ2) is 7.00. The van der Waals surface area contributed by atoms with E-state index in [0.29, 0.717) is 0 Å². The third kappa shape index (κ3) is 4.15. The average molecular weight is 310 g/mol. The maximum absolute atomic E-state index is 5.98. The van der Waals surface area contributed by atoms with Crippen LogP contribution in [0, 0.1) is 0 Å². The fraction of sp³-hybridized carbons (Fsp3) is 0.375. The molecule has 0 aliphatic rings. The van der Waals surface area contributed by atoms with Crippen molar-refractivity contribution < 1.29 is 4.74 Å². The molecule has 2 unspecified atom stereocenters. The van der Waals surface area contributed by atoms with Crippen LogP contribution < -0.4 is 10.1 Å². The maximum Gasteiger partial charge on any atom is 0.121 e. The van der Waals surface area contributed by atoms with Crippen LogP contribution in [0.5, 0.6) is 5.75 Å². The van der Waals surface area contributed by atoms with Gasteiger partial charge in [0.2, 0.25) is 0 Å². The molecule has 0 aliphatic carbocycles. The molecule has 0 radical (unpaired) electrons. The van der Waals surface area contributed by atoms with Crippen LogP contribution in [0.15, 0.2) is 36.4 Å². The molecule has 0 spiro atoms. The molecule has 0 saturated heterocycles. The molecule has 108 valence electrons. The summed E-state index contributed by atoms with van der Waals surface area (Å²) in [4.78, 5) is 1.23. The Morgan fingerprint density at radius 3 is 2.70 bits per heavy atom. The van der Waals surface area contributed by atoms with Gasteiger partial charge in [-0.25, -0.2) is 0 Å². The number of nitrogens with one attached hydrogen (secondary N) is 1. The van der Waals surface area contributed by atoms with E-state index in [1.165, 1.54) is 4.88 Å². The van der Waals surface area contributed by atoms with E-state index in [1.54, 1.807) is 11.3 Å². The second-order valence-corrected chi connectivity index (χ2v) is 6.62. The fourth-order valence-corrected chi connectivity index (χ4v) is 2.92.